The first-order valence-electron chi connectivity index (χ1n) is 16.4. The van der Waals surface area contributed by atoms with Gasteiger partial charge in [-0.3, -0.25) is 14.5 Å². The van der Waals surface area contributed by atoms with E-state index in [-0.39, 0.29) is 23.0 Å². The maximum Gasteiger partial charge on any atom is 0.257 e. The predicted molar refractivity (Wildman–Crippen MR) is 180 cm³/mol. The number of thioether (sulfide) groups is 1. The molecular weight excluding hydrogens is 602 g/mol. The zero-order valence-corrected chi connectivity index (χ0v) is 27.5. The van der Waals surface area contributed by atoms with Crippen LogP contribution in [-0.4, -0.2) is 109 Å². The Hall–Kier alpha value is -3.44. The summed E-state index contributed by atoms with van der Waals surface area (Å²) in [5.41, 5.74) is 14.2. The third-order valence-corrected chi connectivity index (χ3v) is 11.5. The van der Waals surface area contributed by atoms with E-state index < -0.39 is 11.3 Å². The number of piperidine rings is 1. The molecule has 4 N–H and O–H groups in total. The van der Waals surface area contributed by atoms with Crippen LogP contribution in [0, 0.1) is 22.7 Å². The number of nitriles is 1. The average molecular weight is 648 g/mol. The first-order valence-corrected chi connectivity index (χ1v) is 17.3. The van der Waals surface area contributed by atoms with Crippen molar-refractivity contribution in [3.05, 3.63) is 41.0 Å². The Balaban J connectivity index is 1.27. The number of nitrogens with zero attached hydrogens (tertiary/aromatic N) is 7. The van der Waals surface area contributed by atoms with E-state index in [1.54, 1.807) is 4.90 Å². The van der Waals surface area contributed by atoms with Crippen LogP contribution in [-0.2, 0) is 14.3 Å². The SMILES string of the molecule is C=CC(=O)N1CCN(c2cc(C(N)=NC(=O)C3(C)CCCC4=C3C(C#N)C(N)S4)nc(N3CCC(N4CCOCC4)CC3)c2)CC1. The van der Waals surface area contributed by atoms with Crippen molar-refractivity contribution in [3.8, 4) is 6.07 Å². The summed E-state index contributed by atoms with van der Waals surface area (Å²) in [6.45, 7) is 13.2. The topological polar surface area (TPSA) is 157 Å². The van der Waals surface area contributed by atoms with Gasteiger partial charge in [0.05, 0.1) is 36.0 Å². The largest absolute Gasteiger partial charge is 0.382 e. The van der Waals surface area contributed by atoms with Gasteiger partial charge in [0.25, 0.3) is 5.91 Å². The van der Waals surface area contributed by atoms with Crippen molar-refractivity contribution in [3.63, 3.8) is 0 Å². The smallest absolute Gasteiger partial charge is 0.257 e. The van der Waals surface area contributed by atoms with Gasteiger partial charge in [0.1, 0.15) is 11.5 Å². The molecule has 3 unspecified atom stereocenters. The van der Waals surface area contributed by atoms with Gasteiger partial charge in [0.2, 0.25) is 5.91 Å². The Labute approximate surface area is 275 Å². The fourth-order valence-corrected chi connectivity index (χ4v) is 8.96. The molecule has 5 heterocycles. The monoisotopic (exact) mass is 647 g/mol. The Morgan fingerprint density at radius 3 is 2.52 bits per heavy atom. The quantitative estimate of drug-likeness (QED) is 0.265. The standard InChI is InChI=1S/C33H45N9O3S/c1-3-28(43)42-13-11-39(12-14-42)23-19-25(37-27(20-23)41-9-6-22(7-10-41)40-15-17-45-18-16-40)30(35)38-32(44)33(2)8-4-5-26-29(33)24(21-34)31(36)46-26/h3,19-20,22,24,31H,1,4-18,36H2,2H3,(H2,35,38,44). The number of nitrogens with two attached hydrogens (primary N) is 2. The van der Waals surface area contributed by atoms with E-state index in [9.17, 15) is 14.9 Å². The number of amidine groups is 1. The molecule has 0 radical (unpaired) electrons. The van der Waals surface area contributed by atoms with E-state index in [1.165, 1.54) is 17.8 Å². The Morgan fingerprint density at radius 1 is 1.13 bits per heavy atom. The van der Waals surface area contributed by atoms with Gasteiger partial charge in [0, 0.05) is 70.2 Å². The van der Waals surface area contributed by atoms with Gasteiger partial charge in [-0.05, 0) is 61.6 Å². The fourth-order valence-electron chi connectivity index (χ4n) is 7.56. The van der Waals surface area contributed by atoms with Crippen molar-refractivity contribution in [1.29, 1.82) is 5.26 Å². The molecule has 13 heteroatoms. The van der Waals surface area contributed by atoms with Gasteiger partial charge >= 0.3 is 0 Å². The van der Waals surface area contributed by atoms with Crippen LogP contribution in [0.3, 0.4) is 0 Å². The summed E-state index contributed by atoms with van der Waals surface area (Å²) in [6.07, 6.45) is 5.66. The second-order valence-electron chi connectivity index (χ2n) is 13.0. The Morgan fingerprint density at radius 2 is 1.85 bits per heavy atom. The minimum atomic E-state index is -0.935. The van der Waals surface area contributed by atoms with Crippen molar-refractivity contribution in [2.45, 2.75) is 50.4 Å². The van der Waals surface area contributed by atoms with Crippen LogP contribution in [0.25, 0.3) is 0 Å². The molecule has 3 saturated heterocycles. The lowest BCUT2D eigenvalue weighted by Crippen LogP contribution is -2.49. The molecule has 1 aromatic rings. The molecule has 2 amide bonds. The number of rotatable bonds is 6. The first kappa shape index (κ1) is 32.5. The van der Waals surface area contributed by atoms with Crippen LogP contribution in [0.15, 0.2) is 40.3 Å². The molecule has 3 atom stereocenters. The molecule has 0 saturated carbocycles. The molecule has 6 rings (SSSR count). The zero-order chi connectivity index (χ0) is 32.4. The van der Waals surface area contributed by atoms with E-state index in [0.717, 1.165) is 87.1 Å². The molecule has 246 valence electrons. The summed E-state index contributed by atoms with van der Waals surface area (Å²) < 4.78 is 5.56. The van der Waals surface area contributed by atoms with E-state index in [2.05, 4.69) is 38.4 Å². The van der Waals surface area contributed by atoms with Crippen LogP contribution in [0.4, 0.5) is 11.5 Å². The number of pyridine rings is 1. The van der Waals surface area contributed by atoms with Crippen molar-refractivity contribution in [2.75, 3.05) is 75.4 Å². The molecule has 0 spiro atoms. The van der Waals surface area contributed by atoms with Crippen molar-refractivity contribution < 1.29 is 14.3 Å². The third kappa shape index (κ3) is 6.40. The number of allylic oxidation sites excluding steroid dienone is 1. The molecule has 4 aliphatic heterocycles. The van der Waals surface area contributed by atoms with Crippen molar-refractivity contribution >= 4 is 40.9 Å². The van der Waals surface area contributed by atoms with Crippen molar-refractivity contribution in [1.82, 2.24) is 14.8 Å². The zero-order valence-electron chi connectivity index (χ0n) is 26.7. The van der Waals surface area contributed by atoms with E-state index in [0.29, 0.717) is 44.3 Å². The van der Waals surface area contributed by atoms with Crippen LogP contribution < -0.4 is 21.3 Å². The minimum absolute atomic E-state index is 0.0641. The number of carbonyl (C=O) groups is 2. The summed E-state index contributed by atoms with van der Waals surface area (Å²) in [4.78, 5) is 45.5. The number of aromatic nitrogens is 1. The Bertz CT molecular complexity index is 1450. The number of carbonyl (C=O) groups excluding carboxylic acids is 2. The number of hydrogen-bond acceptors (Lipinski definition) is 10. The lowest BCUT2D eigenvalue weighted by molar-refractivity contribution is -0.126. The molecule has 46 heavy (non-hydrogen) atoms. The van der Waals surface area contributed by atoms with Gasteiger partial charge in [0.15, 0.2) is 5.84 Å². The first-order chi connectivity index (χ1) is 22.2. The van der Waals surface area contributed by atoms with E-state index in [1.807, 2.05) is 13.0 Å². The molecular formula is C33H45N9O3S. The maximum absolute atomic E-state index is 13.9. The normalized spacial score (nSPS) is 28.2. The molecule has 5 aliphatic rings. The average Bonchev–Trinajstić information content (AvgIpc) is 3.44. The van der Waals surface area contributed by atoms with Crippen molar-refractivity contribution in [2.24, 2.45) is 27.8 Å². The van der Waals surface area contributed by atoms with Crippen LogP contribution in [0.1, 0.15) is 44.7 Å². The van der Waals surface area contributed by atoms with Gasteiger partial charge in [-0.25, -0.2) is 4.98 Å². The van der Waals surface area contributed by atoms with Gasteiger partial charge in [-0.1, -0.05) is 6.58 Å². The van der Waals surface area contributed by atoms with E-state index >= 15 is 0 Å². The molecule has 1 aromatic heterocycles. The highest BCUT2D eigenvalue weighted by molar-refractivity contribution is 8.03. The predicted octanol–water partition coefficient (Wildman–Crippen LogP) is 2.06. The lowest BCUT2D eigenvalue weighted by atomic mass is 9.69. The number of morpholine rings is 1. The van der Waals surface area contributed by atoms with Gasteiger partial charge in [-0.15, -0.1) is 11.8 Å². The minimum Gasteiger partial charge on any atom is -0.382 e. The van der Waals surface area contributed by atoms with Gasteiger partial charge < -0.3 is 30.9 Å². The number of piperazine rings is 1. The number of aliphatic imine (C=N–C) groups is 1. The van der Waals surface area contributed by atoms with Crippen LogP contribution in [0.5, 0.6) is 0 Å². The second kappa shape index (κ2) is 13.7. The van der Waals surface area contributed by atoms with E-state index in [4.69, 9.17) is 21.2 Å². The van der Waals surface area contributed by atoms with Crippen LogP contribution >= 0.6 is 11.8 Å². The van der Waals surface area contributed by atoms with Gasteiger partial charge in [-0.2, -0.15) is 10.3 Å². The van der Waals surface area contributed by atoms with Crippen LogP contribution in [0.2, 0.25) is 0 Å². The highest BCUT2D eigenvalue weighted by atomic mass is 32.2. The summed E-state index contributed by atoms with van der Waals surface area (Å²) in [5.74, 6) is -0.0769. The highest BCUT2D eigenvalue weighted by Gasteiger charge is 2.49. The second-order valence-corrected chi connectivity index (χ2v) is 14.2. The molecule has 3 fully saturated rings. The third-order valence-electron chi connectivity index (χ3n) is 10.3. The number of ether oxygens (including phenoxy) is 1. The molecule has 0 bridgehead atoms. The number of anilines is 2. The summed E-state index contributed by atoms with van der Waals surface area (Å²) in [5, 5.41) is 9.53. The lowest BCUT2D eigenvalue weighted by Gasteiger charge is -2.41. The summed E-state index contributed by atoms with van der Waals surface area (Å²) in [6, 6.07) is 6.85. The highest BCUT2D eigenvalue weighted by Crippen LogP contribution is 2.55. The molecule has 1 aliphatic carbocycles. The fraction of sp³-hybridized carbons (Fsp3) is 0.606. The molecule has 0 aromatic carbocycles. The Kier molecular flexibility index (Phi) is 9.70. The molecule has 12 nitrogen and oxygen atoms in total. The maximum atomic E-state index is 13.9. The summed E-state index contributed by atoms with van der Waals surface area (Å²) in [7, 11) is 0. The number of hydrogen-bond donors (Lipinski definition) is 2. The summed E-state index contributed by atoms with van der Waals surface area (Å²) >= 11 is 1.51. The number of amides is 2.